The molecule has 0 bridgehead atoms. The van der Waals surface area contributed by atoms with E-state index >= 15 is 0 Å². The van der Waals surface area contributed by atoms with Crippen LogP contribution in [0.5, 0.6) is 0 Å². The minimum absolute atomic E-state index is 0.131. The van der Waals surface area contributed by atoms with Crippen LogP contribution >= 0.6 is 0 Å². The summed E-state index contributed by atoms with van der Waals surface area (Å²) in [7, 11) is 0. The van der Waals surface area contributed by atoms with Crippen molar-refractivity contribution < 1.29 is 15.3 Å². The van der Waals surface area contributed by atoms with Crippen molar-refractivity contribution in [3.8, 4) is 0 Å². The fraction of sp³-hybridized carbons (Fsp3) is 0.500. The minimum atomic E-state index is -1.07. The lowest BCUT2D eigenvalue weighted by molar-refractivity contribution is -0.0277. The van der Waals surface area contributed by atoms with Gasteiger partial charge in [0.25, 0.3) is 0 Å². The first-order valence-corrected chi connectivity index (χ1v) is 5.22. The Balaban J connectivity index is 2.80. The lowest BCUT2D eigenvalue weighted by atomic mass is 9.88. The Labute approximate surface area is 90.0 Å². The van der Waals surface area contributed by atoms with Gasteiger partial charge in [0.15, 0.2) is 0 Å². The fourth-order valence-corrected chi connectivity index (χ4v) is 1.75. The normalized spacial score (nSPS) is 17.1. The third kappa shape index (κ3) is 3.02. The Kier molecular flexibility index (Phi) is 4.75. The summed E-state index contributed by atoms with van der Waals surface area (Å²) in [5, 5.41) is 28.0. The Morgan fingerprint density at radius 2 is 1.73 bits per heavy atom. The fourth-order valence-electron chi connectivity index (χ4n) is 1.75. The maximum absolute atomic E-state index is 9.82. The molecule has 0 fully saturated rings. The lowest BCUT2D eigenvalue weighted by Gasteiger charge is -2.25. The van der Waals surface area contributed by atoms with Gasteiger partial charge in [0.1, 0.15) is 6.10 Å². The van der Waals surface area contributed by atoms with Crippen LogP contribution < -0.4 is 0 Å². The van der Waals surface area contributed by atoms with Gasteiger partial charge >= 0.3 is 0 Å². The molecule has 0 aliphatic heterocycles. The Morgan fingerprint density at radius 3 is 2.20 bits per heavy atom. The molecule has 1 rings (SSSR count). The van der Waals surface area contributed by atoms with E-state index in [2.05, 4.69) is 0 Å². The summed E-state index contributed by atoms with van der Waals surface area (Å²) >= 11 is 0. The molecular weight excluding hydrogens is 192 g/mol. The van der Waals surface area contributed by atoms with Crippen LogP contribution in [0.4, 0.5) is 0 Å². The van der Waals surface area contributed by atoms with Gasteiger partial charge in [-0.1, -0.05) is 37.3 Å². The number of aliphatic hydroxyl groups excluding tert-OH is 3. The summed E-state index contributed by atoms with van der Waals surface area (Å²) in [4.78, 5) is 0. The molecule has 0 saturated carbocycles. The zero-order chi connectivity index (χ0) is 11.3. The van der Waals surface area contributed by atoms with E-state index in [9.17, 15) is 10.2 Å². The van der Waals surface area contributed by atoms with E-state index in [4.69, 9.17) is 5.11 Å². The van der Waals surface area contributed by atoms with Gasteiger partial charge in [-0.3, -0.25) is 0 Å². The van der Waals surface area contributed by atoms with Gasteiger partial charge in [0.2, 0.25) is 0 Å². The predicted octanol–water partition coefficient (Wildman–Crippen LogP) is 0.894. The summed E-state index contributed by atoms with van der Waals surface area (Å²) in [6, 6.07) is 9.54. The van der Waals surface area contributed by atoms with Gasteiger partial charge in [0, 0.05) is 5.92 Å². The second-order valence-electron chi connectivity index (χ2n) is 3.67. The molecule has 0 aliphatic rings. The number of benzene rings is 1. The summed E-state index contributed by atoms with van der Waals surface area (Å²) in [6.45, 7) is 1.54. The van der Waals surface area contributed by atoms with Crippen molar-refractivity contribution in [1.82, 2.24) is 0 Å². The van der Waals surface area contributed by atoms with Gasteiger partial charge in [-0.2, -0.15) is 0 Å². The van der Waals surface area contributed by atoms with E-state index in [1.807, 2.05) is 37.3 Å². The SMILES string of the molecule is CCC(c1ccccc1)C(O)C(O)CO. The molecule has 84 valence electrons. The molecule has 0 spiro atoms. The van der Waals surface area contributed by atoms with Gasteiger partial charge < -0.3 is 15.3 Å². The second kappa shape index (κ2) is 5.85. The summed E-state index contributed by atoms with van der Waals surface area (Å²) in [6.07, 6.45) is -1.26. The van der Waals surface area contributed by atoms with Crippen LogP contribution in [0.3, 0.4) is 0 Å². The largest absolute Gasteiger partial charge is 0.394 e. The summed E-state index contributed by atoms with van der Waals surface area (Å²) in [5.74, 6) is -0.131. The Morgan fingerprint density at radius 1 is 1.13 bits per heavy atom. The lowest BCUT2D eigenvalue weighted by Crippen LogP contribution is -2.34. The Bertz CT molecular complexity index is 273. The van der Waals surface area contributed by atoms with Gasteiger partial charge in [-0.05, 0) is 12.0 Å². The van der Waals surface area contributed by atoms with Crippen molar-refractivity contribution in [3.05, 3.63) is 35.9 Å². The van der Waals surface area contributed by atoms with Crippen LogP contribution in [-0.4, -0.2) is 34.1 Å². The van der Waals surface area contributed by atoms with Crippen LogP contribution in [0.15, 0.2) is 30.3 Å². The Hall–Kier alpha value is -0.900. The van der Waals surface area contributed by atoms with E-state index < -0.39 is 18.8 Å². The first kappa shape index (κ1) is 12.2. The van der Waals surface area contributed by atoms with E-state index in [1.165, 1.54) is 0 Å². The third-order valence-electron chi connectivity index (χ3n) is 2.66. The van der Waals surface area contributed by atoms with Gasteiger partial charge in [-0.25, -0.2) is 0 Å². The standard InChI is InChI=1S/C12H18O3/c1-2-10(12(15)11(14)8-13)9-6-4-3-5-7-9/h3-7,10-15H,2,8H2,1H3. The molecule has 0 amide bonds. The third-order valence-corrected chi connectivity index (χ3v) is 2.66. The van der Waals surface area contributed by atoms with E-state index in [1.54, 1.807) is 0 Å². The summed E-state index contributed by atoms with van der Waals surface area (Å²) in [5.41, 5.74) is 0.986. The molecule has 3 heteroatoms. The number of hydrogen-bond donors (Lipinski definition) is 3. The molecule has 0 radical (unpaired) electrons. The quantitative estimate of drug-likeness (QED) is 0.676. The molecule has 3 nitrogen and oxygen atoms in total. The van der Waals surface area contributed by atoms with Crippen LogP contribution in [0, 0.1) is 0 Å². The molecule has 3 unspecified atom stereocenters. The first-order valence-electron chi connectivity index (χ1n) is 5.22. The highest BCUT2D eigenvalue weighted by atomic mass is 16.4. The van der Waals surface area contributed by atoms with Crippen molar-refractivity contribution in [2.75, 3.05) is 6.61 Å². The highest BCUT2D eigenvalue weighted by molar-refractivity contribution is 5.20. The second-order valence-corrected chi connectivity index (χ2v) is 3.67. The van der Waals surface area contributed by atoms with E-state index in [0.29, 0.717) is 0 Å². The molecule has 0 heterocycles. The number of hydrogen-bond acceptors (Lipinski definition) is 3. The highest BCUT2D eigenvalue weighted by Gasteiger charge is 2.25. The highest BCUT2D eigenvalue weighted by Crippen LogP contribution is 2.24. The zero-order valence-corrected chi connectivity index (χ0v) is 8.87. The first-order chi connectivity index (χ1) is 7.20. The van der Waals surface area contributed by atoms with Crippen LogP contribution in [0.2, 0.25) is 0 Å². The smallest absolute Gasteiger partial charge is 0.103 e. The predicted molar refractivity (Wildman–Crippen MR) is 58.6 cm³/mol. The molecule has 15 heavy (non-hydrogen) atoms. The zero-order valence-electron chi connectivity index (χ0n) is 8.87. The summed E-state index contributed by atoms with van der Waals surface area (Å²) < 4.78 is 0. The van der Waals surface area contributed by atoms with Gasteiger partial charge in [0.05, 0.1) is 12.7 Å². The molecule has 3 N–H and O–H groups in total. The molecule has 0 aliphatic carbocycles. The van der Waals surface area contributed by atoms with Crippen LogP contribution in [0.25, 0.3) is 0 Å². The molecular formula is C12H18O3. The van der Waals surface area contributed by atoms with E-state index in [0.717, 1.165) is 12.0 Å². The van der Waals surface area contributed by atoms with Crippen molar-refractivity contribution in [2.24, 2.45) is 0 Å². The monoisotopic (exact) mass is 210 g/mol. The molecule has 0 aromatic heterocycles. The van der Waals surface area contributed by atoms with Crippen LogP contribution in [0.1, 0.15) is 24.8 Å². The maximum atomic E-state index is 9.82. The minimum Gasteiger partial charge on any atom is -0.394 e. The average Bonchev–Trinajstić information content (AvgIpc) is 2.30. The van der Waals surface area contributed by atoms with Crippen molar-refractivity contribution in [2.45, 2.75) is 31.5 Å². The van der Waals surface area contributed by atoms with Crippen LogP contribution in [-0.2, 0) is 0 Å². The maximum Gasteiger partial charge on any atom is 0.103 e. The van der Waals surface area contributed by atoms with Gasteiger partial charge in [-0.15, -0.1) is 0 Å². The number of aliphatic hydroxyl groups is 3. The van der Waals surface area contributed by atoms with E-state index in [-0.39, 0.29) is 5.92 Å². The molecule has 3 atom stereocenters. The van der Waals surface area contributed by atoms with Crippen molar-refractivity contribution >= 4 is 0 Å². The van der Waals surface area contributed by atoms with Crippen molar-refractivity contribution in [1.29, 1.82) is 0 Å². The topological polar surface area (TPSA) is 60.7 Å². The number of rotatable bonds is 5. The average molecular weight is 210 g/mol. The molecule has 0 saturated heterocycles. The molecule has 1 aromatic carbocycles. The molecule has 1 aromatic rings. The van der Waals surface area contributed by atoms with Crippen molar-refractivity contribution in [3.63, 3.8) is 0 Å².